The summed E-state index contributed by atoms with van der Waals surface area (Å²) >= 11 is 0. The van der Waals surface area contributed by atoms with Crippen LogP contribution in [0.5, 0.6) is 0 Å². The predicted octanol–water partition coefficient (Wildman–Crippen LogP) is 3.78. The fourth-order valence-corrected chi connectivity index (χ4v) is 3.81. The molecular weight excluding hydrogens is 196 g/mol. The van der Waals surface area contributed by atoms with Crippen LogP contribution in [0.2, 0.25) is 0 Å². The van der Waals surface area contributed by atoms with Crippen molar-refractivity contribution < 1.29 is 5.11 Å². The van der Waals surface area contributed by atoms with Gasteiger partial charge in [0.05, 0.1) is 0 Å². The molecule has 2 aliphatic rings. The van der Waals surface area contributed by atoms with Crippen molar-refractivity contribution in [1.29, 1.82) is 0 Å². The highest BCUT2D eigenvalue weighted by Crippen LogP contribution is 2.56. The Balaban J connectivity index is 2.04. The molecule has 1 heteroatoms. The van der Waals surface area contributed by atoms with E-state index in [1.54, 1.807) is 0 Å². The van der Waals surface area contributed by atoms with E-state index in [2.05, 4.69) is 20.4 Å². The molecule has 16 heavy (non-hydrogen) atoms. The standard InChI is InChI=1S/C15H26O/c1-11-5-4-6-12(10-16)7-8-14-13(11)9-15(14,2)3/h12-14,16H,1,4-10H2,2-3H3. The van der Waals surface area contributed by atoms with Gasteiger partial charge in [-0.3, -0.25) is 0 Å². The van der Waals surface area contributed by atoms with Gasteiger partial charge in [-0.05, 0) is 61.7 Å². The third-order valence-corrected chi connectivity index (χ3v) is 5.01. The molecule has 0 bridgehead atoms. The maximum Gasteiger partial charge on any atom is 0.0459 e. The van der Waals surface area contributed by atoms with Gasteiger partial charge in [0.1, 0.15) is 0 Å². The number of aliphatic hydroxyl groups is 1. The Bertz CT molecular complexity index is 267. The van der Waals surface area contributed by atoms with Crippen LogP contribution in [-0.4, -0.2) is 11.7 Å². The number of rotatable bonds is 1. The topological polar surface area (TPSA) is 20.2 Å². The summed E-state index contributed by atoms with van der Waals surface area (Å²) in [7, 11) is 0. The molecule has 3 unspecified atom stereocenters. The van der Waals surface area contributed by atoms with Crippen molar-refractivity contribution in [3.8, 4) is 0 Å². The molecule has 0 amide bonds. The summed E-state index contributed by atoms with van der Waals surface area (Å²) < 4.78 is 0. The number of aliphatic hydroxyl groups excluding tert-OH is 1. The lowest BCUT2D eigenvalue weighted by atomic mass is 9.52. The molecule has 1 N–H and O–H groups in total. The average molecular weight is 222 g/mol. The first-order valence-corrected chi connectivity index (χ1v) is 6.83. The largest absolute Gasteiger partial charge is 0.396 e. The Kier molecular flexibility index (Phi) is 3.44. The first-order chi connectivity index (χ1) is 7.54. The van der Waals surface area contributed by atoms with E-state index in [0.717, 1.165) is 11.8 Å². The summed E-state index contributed by atoms with van der Waals surface area (Å²) in [5.41, 5.74) is 2.00. The minimum absolute atomic E-state index is 0.379. The highest BCUT2D eigenvalue weighted by Gasteiger charge is 2.47. The second-order valence-electron chi connectivity index (χ2n) is 6.58. The van der Waals surface area contributed by atoms with Gasteiger partial charge < -0.3 is 5.11 Å². The Morgan fingerprint density at radius 1 is 1.31 bits per heavy atom. The molecule has 0 spiro atoms. The first kappa shape index (κ1) is 12.2. The number of hydrogen-bond acceptors (Lipinski definition) is 1. The Hall–Kier alpha value is -0.300. The van der Waals surface area contributed by atoms with Crippen molar-refractivity contribution in [2.24, 2.45) is 23.2 Å². The second kappa shape index (κ2) is 4.52. The first-order valence-electron chi connectivity index (χ1n) is 6.83. The molecule has 0 aromatic heterocycles. The lowest BCUT2D eigenvalue weighted by molar-refractivity contribution is -0.000872. The fraction of sp³-hybridized carbons (Fsp3) is 0.867. The van der Waals surface area contributed by atoms with Gasteiger partial charge in [0.2, 0.25) is 0 Å². The minimum atomic E-state index is 0.379. The van der Waals surface area contributed by atoms with Gasteiger partial charge in [0.25, 0.3) is 0 Å². The van der Waals surface area contributed by atoms with Crippen molar-refractivity contribution in [3.05, 3.63) is 12.2 Å². The van der Waals surface area contributed by atoms with Gasteiger partial charge >= 0.3 is 0 Å². The molecular formula is C15H26O. The lowest BCUT2D eigenvalue weighted by Gasteiger charge is -2.53. The van der Waals surface area contributed by atoms with Gasteiger partial charge in [-0.2, -0.15) is 0 Å². The molecule has 0 saturated heterocycles. The van der Waals surface area contributed by atoms with E-state index >= 15 is 0 Å². The number of hydrogen-bond donors (Lipinski definition) is 1. The molecule has 1 nitrogen and oxygen atoms in total. The van der Waals surface area contributed by atoms with E-state index < -0.39 is 0 Å². The number of allylic oxidation sites excluding steroid dienone is 1. The molecule has 0 aliphatic heterocycles. The zero-order chi connectivity index (χ0) is 11.8. The molecule has 92 valence electrons. The molecule has 0 heterocycles. The number of fused-ring (bicyclic) bond motifs is 1. The predicted molar refractivity (Wildman–Crippen MR) is 68.2 cm³/mol. The second-order valence-corrected chi connectivity index (χ2v) is 6.58. The van der Waals surface area contributed by atoms with Crippen molar-refractivity contribution in [2.75, 3.05) is 6.61 Å². The van der Waals surface area contributed by atoms with Crippen LogP contribution in [-0.2, 0) is 0 Å². The van der Waals surface area contributed by atoms with Gasteiger partial charge in [-0.25, -0.2) is 0 Å². The molecule has 2 rings (SSSR count). The van der Waals surface area contributed by atoms with Crippen LogP contribution in [0.15, 0.2) is 12.2 Å². The smallest absolute Gasteiger partial charge is 0.0459 e. The molecule has 2 aliphatic carbocycles. The zero-order valence-electron chi connectivity index (χ0n) is 10.8. The fourth-order valence-electron chi connectivity index (χ4n) is 3.81. The molecule has 2 saturated carbocycles. The van der Waals surface area contributed by atoms with Crippen LogP contribution in [0.3, 0.4) is 0 Å². The van der Waals surface area contributed by atoms with Crippen molar-refractivity contribution in [1.82, 2.24) is 0 Å². The third-order valence-electron chi connectivity index (χ3n) is 5.01. The van der Waals surface area contributed by atoms with E-state index in [4.69, 9.17) is 0 Å². The zero-order valence-corrected chi connectivity index (χ0v) is 10.8. The summed E-state index contributed by atoms with van der Waals surface area (Å²) in [6, 6.07) is 0. The maximum atomic E-state index is 9.34. The van der Waals surface area contributed by atoms with E-state index in [0.29, 0.717) is 17.9 Å². The van der Waals surface area contributed by atoms with E-state index in [-0.39, 0.29) is 0 Å². The van der Waals surface area contributed by atoms with Gasteiger partial charge in [-0.15, -0.1) is 0 Å². The van der Waals surface area contributed by atoms with Crippen LogP contribution in [0.1, 0.15) is 52.4 Å². The van der Waals surface area contributed by atoms with Crippen LogP contribution in [0.25, 0.3) is 0 Å². The van der Waals surface area contributed by atoms with E-state index in [9.17, 15) is 5.11 Å². The van der Waals surface area contributed by atoms with Crippen LogP contribution in [0, 0.1) is 23.2 Å². The SMILES string of the molecule is C=C1CCCC(CO)CCC2C1CC2(C)C. The summed E-state index contributed by atoms with van der Waals surface area (Å²) in [6.07, 6.45) is 7.45. The van der Waals surface area contributed by atoms with E-state index in [1.165, 1.54) is 44.1 Å². The van der Waals surface area contributed by atoms with E-state index in [1.807, 2.05) is 0 Å². The summed E-state index contributed by atoms with van der Waals surface area (Å²) in [6.45, 7) is 9.47. The molecule has 0 aromatic rings. The monoisotopic (exact) mass is 222 g/mol. The molecule has 0 radical (unpaired) electrons. The third kappa shape index (κ3) is 2.20. The average Bonchev–Trinajstić information content (AvgIpc) is 2.28. The van der Waals surface area contributed by atoms with Gasteiger partial charge in [0.15, 0.2) is 0 Å². The Labute approximate surface area is 99.9 Å². The quantitative estimate of drug-likeness (QED) is 0.669. The summed E-state index contributed by atoms with van der Waals surface area (Å²) in [5.74, 6) is 2.16. The van der Waals surface area contributed by atoms with Crippen LogP contribution in [0.4, 0.5) is 0 Å². The highest BCUT2D eigenvalue weighted by molar-refractivity contribution is 5.13. The van der Waals surface area contributed by atoms with Crippen molar-refractivity contribution in [2.45, 2.75) is 52.4 Å². The van der Waals surface area contributed by atoms with Crippen LogP contribution < -0.4 is 0 Å². The van der Waals surface area contributed by atoms with Gasteiger partial charge in [-0.1, -0.05) is 26.0 Å². The maximum absolute atomic E-state index is 9.34. The van der Waals surface area contributed by atoms with Crippen molar-refractivity contribution >= 4 is 0 Å². The Morgan fingerprint density at radius 3 is 2.69 bits per heavy atom. The minimum Gasteiger partial charge on any atom is -0.396 e. The normalized spacial score (nSPS) is 38.9. The molecule has 0 aromatic carbocycles. The lowest BCUT2D eigenvalue weighted by Crippen LogP contribution is -2.44. The van der Waals surface area contributed by atoms with Gasteiger partial charge in [0, 0.05) is 6.61 Å². The van der Waals surface area contributed by atoms with Crippen LogP contribution >= 0.6 is 0 Å². The molecule has 3 atom stereocenters. The van der Waals surface area contributed by atoms with Crippen molar-refractivity contribution in [3.63, 3.8) is 0 Å². The summed E-state index contributed by atoms with van der Waals surface area (Å²) in [4.78, 5) is 0. The summed E-state index contributed by atoms with van der Waals surface area (Å²) in [5, 5.41) is 9.34. The molecule has 2 fully saturated rings. The Morgan fingerprint density at radius 2 is 2.06 bits per heavy atom. The highest BCUT2D eigenvalue weighted by atomic mass is 16.3.